The number of aryl methyl sites for hydroxylation is 2. The SMILES string of the molecule is CCc1cc(Sc2cc(C(=O)O)ccn2)nc(C)n1. The summed E-state index contributed by atoms with van der Waals surface area (Å²) in [5, 5.41) is 10.3. The lowest BCUT2D eigenvalue weighted by atomic mass is 10.3. The number of nitrogens with zero attached hydrogens (tertiary/aromatic N) is 3. The largest absolute Gasteiger partial charge is 0.478 e. The molecule has 0 fully saturated rings. The van der Waals surface area contributed by atoms with Crippen LogP contribution in [0.2, 0.25) is 0 Å². The minimum absolute atomic E-state index is 0.221. The van der Waals surface area contributed by atoms with Crippen LogP contribution >= 0.6 is 11.8 Å². The average molecular weight is 275 g/mol. The van der Waals surface area contributed by atoms with Crippen LogP contribution in [-0.4, -0.2) is 26.0 Å². The number of hydrogen-bond donors (Lipinski definition) is 1. The van der Waals surface area contributed by atoms with Gasteiger partial charge in [-0.3, -0.25) is 0 Å². The number of carboxylic acid groups (broad SMARTS) is 1. The zero-order valence-corrected chi connectivity index (χ0v) is 11.4. The van der Waals surface area contributed by atoms with Crippen LogP contribution in [0.15, 0.2) is 34.4 Å². The summed E-state index contributed by atoms with van der Waals surface area (Å²) < 4.78 is 0. The van der Waals surface area contributed by atoms with Crippen molar-refractivity contribution in [1.82, 2.24) is 15.0 Å². The Hall–Kier alpha value is -1.95. The van der Waals surface area contributed by atoms with Crippen molar-refractivity contribution >= 4 is 17.7 Å². The zero-order chi connectivity index (χ0) is 13.8. The van der Waals surface area contributed by atoms with Crippen LogP contribution in [0.5, 0.6) is 0 Å². The molecule has 0 aliphatic rings. The third-order valence-corrected chi connectivity index (χ3v) is 3.27. The summed E-state index contributed by atoms with van der Waals surface area (Å²) in [7, 11) is 0. The Bertz CT molecular complexity index is 617. The van der Waals surface area contributed by atoms with E-state index < -0.39 is 5.97 Å². The van der Waals surface area contributed by atoms with E-state index in [4.69, 9.17) is 5.11 Å². The van der Waals surface area contributed by atoms with Gasteiger partial charge < -0.3 is 5.11 Å². The van der Waals surface area contributed by atoms with Crippen molar-refractivity contribution in [1.29, 1.82) is 0 Å². The minimum Gasteiger partial charge on any atom is -0.478 e. The Morgan fingerprint density at radius 2 is 2.11 bits per heavy atom. The van der Waals surface area contributed by atoms with Gasteiger partial charge >= 0.3 is 5.97 Å². The van der Waals surface area contributed by atoms with Crippen LogP contribution in [0.25, 0.3) is 0 Å². The van der Waals surface area contributed by atoms with Crippen LogP contribution in [-0.2, 0) is 6.42 Å². The van der Waals surface area contributed by atoms with Crippen molar-refractivity contribution in [3.8, 4) is 0 Å². The van der Waals surface area contributed by atoms with Gasteiger partial charge in [0, 0.05) is 11.9 Å². The predicted octanol–water partition coefficient (Wildman–Crippen LogP) is 2.59. The standard InChI is InChI=1S/C13H13N3O2S/c1-3-10-7-12(16-8(2)15-10)19-11-6-9(13(17)18)4-5-14-11/h4-7H,3H2,1-2H3,(H,17,18). The summed E-state index contributed by atoms with van der Waals surface area (Å²) in [6.45, 7) is 3.86. The molecule has 0 radical (unpaired) electrons. The molecule has 2 aromatic heterocycles. The first kappa shape index (κ1) is 13.5. The lowest BCUT2D eigenvalue weighted by Crippen LogP contribution is -1.98. The number of rotatable bonds is 4. The summed E-state index contributed by atoms with van der Waals surface area (Å²) in [5.74, 6) is -0.256. The average Bonchev–Trinajstić information content (AvgIpc) is 2.38. The van der Waals surface area contributed by atoms with Crippen molar-refractivity contribution < 1.29 is 9.90 Å². The fourth-order valence-corrected chi connectivity index (χ4v) is 2.42. The van der Waals surface area contributed by atoms with Crippen molar-refractivity contribution in [2.24, 2.45) is 0 Å². The highest BCUT2D eigenvalue weighted by molar-refractivity contribution is 7.99. The van der Waals surface area contributed by atoms with E-state index in [1.807, 2.05) is 19.9 Å². The molecule has 0 saturated carbocycles. The van der Waals surface area contributed by atoms with Crippen LogP contribution < -0.4 is 0 Å². The van der Waals surface area contributed by atoms with Gasteiger partial charge in [0.25, 0.3) is 0 Å². The summed E-state index contributed by atoms with van der Waals surface area (Å²) in [6.07, 6.45) is 2.32. The van der Waals surface area contributed by atoms with Gasteiger partial charge in [-0.25, -0.2) is 19.7 Å². The van der Waals surface area contributed by atoms with Gasteiger partial charge in [0.05, 0.1) is 5.56 Å². The molecule has 0 amide bonds. The molecule has 0 saturated heterocycles. The first-order valence-electron chi connectivity index (χ1n) is 5.80. The van der Waals surface area contributed by atoms with E-state index >= 15 is 0 Å². The molecule has 19 heavy (non-hydrogen) atoms. The van der Waals surface area contributed by atoms with Crippen LogP contribution in [0.4, 0.5) is 0 Å². The molecule has 6 heteroatoms. The maximum atomic E-state index is 10.9. The number of pyridine rings is 1. The van der Waals surface area contributed by atoms with E-state index in [2.05, 4.69) is 15.0 Å². The molecule has 1 N–H and O–H groups in total. The molecule has 0 unspecified atom stereocenters. The molecule has 0 spiro atoms. The molecule has 2 rings (SSSR count). The third kappa shape index (κ3) is 3.51. The number of aromatic carboxylic acids is 1. The first-order valence-corrected chi connectivity index (χ1v) is 6.62. The highest BCUT2D eigenvalue weighted by Crippen LogP contribution is 2.25. The topological polar surface area (TPSA) is 76.0 Å². The second-order valence-electron chi connectivity index (χ2n) is 3.89. The van der Waals surface area contributed by atoms with Crippen LogP contribution in [0.1, 0.15) is 28.8 Å². The van der Waals surface area contributed by atoms with Gasteiger partial charge in [-0.1, -0.05) is 6.92 Å². The molecule has 5 nitrogen and oxygen atoms in total. The number of aromatic nitrogens is 3. The van der Waals surface area contributed by atoms with E-state index in [1.54, 1.807) is 0 Å². The normalized spacial score (nSPS) is 10.4. The Kier molecular flexibility index (Phi) is 4.11. The van der Waals surface area contributed by atoms with Crippen molar-refractivity contribution in [2.75, 3.05) is 0 Å². The fourth-order valence-electron chi connectivity index (χ4n) is 1.54. The summed E-state index contributed by atoms with van der Waals surface area (Å²) in [5.41, 5.74) is 1.18. The Balaban J connectivity index is 2.28. The quantitative estimate of drug-likeness (QED) is 0.864. The van der Waals surface area contributed by atoms with E-state index in [1.165, 1.54) is 30.1 Å². The van der Waals surface area contributed by atoms with E-state index in [9.17, 15) is 4.79 Å². The third-order valence-electron chi connectivity index (χ3n) is 2.42. The van der Waals surface area contributed by atoms with Gasteiger partial charge in [0.15, 0.2) is 0 Å². The van der Waals surface area contributed by atoms with Crippen molar-refractivity contribution in [2.45, 2.75) is 30.3 Å². The highest BCUT2D eigenvalue weighted by Gasteiger charge is 2.07. The minimum atomic E-state index is -0.961. The molecule has 98 valence electrons. The second-order valence-corrected chi connectivity index (χ2v) is 4.93. The molecule has 0 aliphatic heterocycles. The summed E-state index contributed by atoms with van der Waals surface area (Å²) >= 11 is 1.34. The van der Waals surface area contributed by atoms with Crippen molar-refractivity contribution in [3.63, 3.8) is 0 Å². The Labute approximate surface area is 115 Å². The predicted molar refractivity (Wildman–Crippen MR) is 71.5 cm³/mol. The smallest absolute Gasteiger partial charge is 0.335 e. The molecular formula is C13H13N3O2S. The summed E-state index contributed by atoms with van der Waals surface area (Å²) in [6, 6.07) is 4.90. The van der Waals surface area contributed by atoms with Gasteiger partial charge in [0.2, 0.25) is 0 Å². The fraction of sp³-hybridized carbons (Fsp3) is 0.231. The molecule has 2 heterocycles. The van der Waals surface area contributed by atoms with Gasteiger partial charge in [-0.2, -0.15) is 0 Å². The number of carbonyl (C=O) groups is 1. The second kappa shape index (κ2) is 5.79. The van der Waals surface area contributed by atoms with Crippen LogP contribution in [0.3, 0.4) is 0 Å². The first-order chi connectivity index (χ1) is 9.08. The van der Waals surface area contributed by atoms with Crippen LogP contribution in [0, 0.1) is 6.92 Å². The molecule has 0 atom stereocenters. The molecule has 2 aromatic rings. The van der Waals surface area contributed by atoms with Crippen molar-refractivity contribution in [3.05, 3.63) is 41.5 Å². The number of hydrogen-bond acceptors (Lipinski definition) is 5. The number of carboxylic acids is 1. The maximum absolute atomic E-state index is 10.9. The molecule has 0 aromatic carbocycles. The van der Waals surface area contributed by atoms with Gasteiger partial charge in [-0.15, -0.1) is 0 Å². The Morgan fingerprint density at radius 3 is 2.79 bits per heavy atom. The van der Waals surface area contributed by atoms with E-state index in [-0.39, 0.29) is 5.56 Å². The van der Waals surface area contributed by atoms with Gasteiger partial charge in [0.1, 0.15) is 15.9 Å². The Morgan fingerprint density at radius 1 is 1.32 bits per heavy atom. The lowest BCUT2D eigenvalue weighted by Gasteiger charge is -2.04. The zero-order valence-electron chi connectivity index (χ0n) is 10.6. The lowest BCUT2D eigenvalue weighted by molar-refractivity contribution is 0.0696. The molecule has 0 bridgehead atoms. The molecule has 0 aliphatic carbocycles. The molecular weight excluding hydrogens is 262 g/mol. The van der Waals surface area contributed by atoms with E-state index in [0.29, 0.717) is 10.9 Å². The van der Waals surface area contributed by atoms with Gasteiger partial charge in [-0.05, 0) is 43.3 Å². The monoisotopic (exact) mass is 275 g/mol. The summed E-state index contributed by atoms with van der Waals surface area (Å²) in [4.78, 5) is 23.7. The van der Waals surface area contributed by atoms with E-state index in [0.717, 1.165) is 17.1 Å². The highest BCUT2D eigenvalue weighted by atomic mass is 32.2. The maximum Gasteiger partial charge on any atom is 0.335 e.